The van der Waals surface area contributed by atoms with Crippen LogP contribution < -0.4 is 5.73 Å². The van der Waals surface area contributed by atoms with Crippen molar-refractivity contribution in [1.29, 1.82) is 0 Å². The summed E-state index contributed by atoms with van der Waals surface area (Å²) in [7, 11) is 0. The molecule has 0 saturated heterocycles. The van der Waals surface area contributed by atoms with Gasteiger partial charge in [-0.2, -0.15) is 0 Å². The van der Waals surface area contributed by atoms with E-state index in [2.05, 4.69) is 20.9 Å². The minimum Gasteiger partial charge on any atom is -0.324 e. The molecule has 2 nitrogen and oxygen atoms in total. The van der Waals surface area contributed by atoms with Crippen molar-refractivity contribution >= 4 is 15.9 Å². The second-order valence-electron chi connectivity index (χ2n) is 3.96. The van der Waals surface area contributed by atoms with Crippen LogP contribution in [0.5, 0.6) is 0 Å². The van der Waals surface area contributed by atoms with Crippen LogP contribution in [0.2, 0.25) is 0 Å². The third-order valence-electron chi connectivity index (χ3n) is 2.63. The maximum atomic E-state index is 13.3. The summed E-state index contributed by atoms with van der Waals surface area (Å²) in [5.74, 6) is -0.765. The fraction of sp³-hybridized carbons (Fsp3) is 0.154. The zero-order valence-electron chi connectivity index (χ0n) is 9.41. The summed E-state index contributed by atoms with van der Waals surface area (Å²) in [5.41, 5.74) is 7.30. The van der Waals surface area contributed by atoms with Gasteiger partial charge in [0.05, 0.1) is 10.7 Å². The van der Waals surface area contributed by atoms with Crippen molar-refractivity contribution in [2.75, 3.05) is 0 Å². The summed E-state index contributed by atoms with van der Waals surface area (Å²) in [4.78, 5) is 3.75. The lowest BCUT2D eigenvalue weighted by Crippen LogP contribution is -2.14. The molecule has 0 bridgehead atoms. The minimum absolute atomic E-state index is 0.336. The topological polar surface area (TPSA) is 38.9 Å². The van der Waals surface area contributed by atoms with E-state index in [4.69, 9.17) is 5.73 Å². The lowest BCUT2D eigenvalue weighted by atomic mass is 10.0. The Hall–Kier alpha value is -1.33. The molecule has 2 aromatic rings. The third kappa shape index (κ3) is 2.91. The molecule has 1 atom stereocenters. The highest BCUT2D eigenvalue weighted by atomic mass is 79.9. The highest BCUT2D eigenvalue weighted by molar-refractivity contribution is 9.10. The summed E-state index contributed by atoms with van der Waals surface area (Å²) in [6, 6.07) is 5.67. The van der Waals surface area contributed by atoms with E-state index in [9.17, 15) is 8.78 Å². The van der Waals surface area contributed by atoms with Crippen molar-refractivity contribution < 1.29 is 8.78 Å². The number of halogens is 3. The van der Waals surface area contributed by atoms with Crippen LogP contribution in [-0.4, -0.2) is 4.98 Å². The van der Waals surface area contributed by atoms with E-state index in [0.29, 0.717) is 16.5 Å². The molecule has 1 aromatic carbocycles. The fourth-order valence-corrected chi connectivity index (χ4v) is 2.12. The summed E-state index contributed by atoms with van der Waals surface area (Å²) >= 11 is 3.18. The van der Waals surface area contributed by atoms with Gasteiger partial charge >= 0.3 is 0 Å². The first-order valence-corrected chi connectivity index (χ1v) is 6.16. The zero-order chi connectivity index (χ0) is 13.1. The van der Waals surface area contributed by atoms with Crippen LogP contribution in [0.25, 0.3) is 0 Å². The van der Waals surface area contributed by atoms with Crippen LogP contribution in [0.3, 0.4) is 0 Å². The number of benzene rings is 1. The van der Waals surface area contributed by atoms with E-state index in [0.717, 1.165) is 11.8 Å². The molecule has 2 rings (SSSR count). The summed E-state index contributed by atoms with van der Waals surface area (Å²) in [5, 5.41) is 0. The molecule has 1 heterocycles. The molecule has 0 spiro atoms. The molecule has 0 fully saturated rings. The minimum atomic E-state index is -0.429. The molecule has 5 heteroatoms. The molecule has 0 amide bonds. The molecule has 18 heavy (non-hydrogen) atoms. The standard InChI is InChI=1S/C13H11BrF2N2/c14-13-8(2-1-3-11(13)16)5-12(17)9-4-10(15)7-18-6-9/h1-4,6-7,12H,5,17H2. The number of aromatic nitrogens is 1. The van der Waals surface area contributed by atoms with Crippen molar-refractivity contribution in [2.45, 2.75) is 12.5 Å². The van der Waals surface area contributed by atoms with Crippen molar-refractivity contribution in [3.63, 3.8) is 0 Å². The molecule has 0 aliphatic heterocycles. The van der Waals surface area contributed by atoms with Crippen LogP contribution in [0, 0.1) is 11.6 Å². The first kappa shape index (κ1) is 13.1. The van der Waals surface area contributed by atoms with Gasteiger partial charge in [0, 0.05) is 12.2 Å². The molecule has 0 aliphatic rings. The fourth-order valence-electron chi connectivity index (χ4n) is 1.69. The number of pyridine rings is 1. The molecular formula is C13H11BrF2N2. The Balaban J connectivity index is 2.21. The van der Waals surface area contributed by atoms with E-state index >= 15 is 0 Å². The number of nitrogens with two attached hydrogens (primary N) is 1. The normalized spacial score (nSPS) is 12.4. The zero-order valence-corrected chi connectivity index (χ0v) is 11.0. The number of nitrogens with zero attached hydrogens (tertiary/aromatic N) is 1. The van der Waals surface area contributed by atoms with E-state index < -0.39 is 11.9 Å². The van der Waals surface area contributed by atoms with Crippen LogP contribution in [0.1, 0.15) is 17.2 Å². The highest BCUT2D eigenvalue weighted by Crippen LogP contribution is 2.24. The maximum Gasteiger partial charge on any atom is 0.141 e. The van der Waals surface area contributed by atoms with Gasteiger partial charge in [0.15, 0.2) is 0 Å². The molecule has 0 radical (unpaired) electrons. The highest BCUT2D eigenvalue weighted by Gasteiger charge is 2.12. The monoisotopic (exact) mass is 312 g/mol. The molecule has 94 valence electrons. The van der Waals surface area contributed by atoms with E-state index in [-0.39, 0.29) is 5.82 Å². The second kappa shape index (κ2) is 5.54. The lowest BCUT2D eigenvalue weighted by molar-refractivity contribution is 0.605. The van der Waals surface area contributed by atoms with Gasteiger partial charge in [-0.25, -0.2) is 8.78 Å². The first-order valence-electron chi connectivity index (χ1n) is 5.37. The van der Waals surface area contributed by atoms with Crippen molar-refractivity contribution in [1.82, 2.24) is 4.98 Å². The Bertz CT molecular complexity index is 560. The molecule has 1 aromatic heterocycles. The van der Waals surface area contributed by atoms with Crippen LogP contribution in [0.4, 0.5) is 8.78 Å². The van der Waals surface area contributed by atoms with Gasteiger partial charge in [-0.3, -0.25) is 4.98 Å². The Morgan fingerprint density at radius 2 is 2.06 bits per heavy atom. The number of hydrogen-bond donors (Lipinski definition) is 1. The third-order valence-corrected chi connectivity index (χ3v) is 3.51. The summed E-state index contributed by atoms with van der Waals surface area (Å²) in [6.07, 6.45) is 3.04. The lowest BCUT2D eigenvalue weighted by Gasteiger charge is -2.13. The first-order chi connectivity index (χ1) is 8.58. The summed E-state index contributed by atoms with van der Waals surface area (Å²) < 4.78 is 26.8. The van der Waals surface area contributed by atoms with Crippen molar-refractivity contribution in [3.05, 3.63) is 63.9 Å². The van der Waals surface area contributed by atoms with E-state index in [1.54, 1.807) is 12.1 Å². The smallest absolute Gasteiger partial charge is 0.141 e. The van der Waals surface area contributed by atoms with Crippen LogP contribution in [0.15, 0.2) is 41.1 Å². The second-order valence-corrected chi connectivity index (χ2v) is 4.75. The van der Waals surface area contributed by atoms with Crippen LogP contribution >= 0.6 is 15.9 Å². The Morgan fingerprint density at radius 1 is 1.28 bits per heavy atom. The summed E-state index contributed by atoms with van der Waals surface area (Å²) in [6.45, 7) is 0. The quantitative estimate of drug-likeness (QED) is 0.943. The van der Waals surface area contributed by atoms with Gasteiger partial charge in [0.25, 0.3) is 0 Å². The van der Waals surface area contributed by atoms with Gasteiger partial charge in [-0.05, 0) is 45.6 Å². The van der Waals surface area contributed by atoms with Gasteiger partial charge in [-0.1, -0.05) is 12.1 Å². The predicted octanol–water partition coefficient (Wildman–Crippen LogP) is 3.36. The van der Waals surface area contributed by atoms with Gasteiger partial charge in [0.1, 0.15) is 11.6 Å². The SMILES string of the molecule is NC(Cc1cccc(F)c1Br)c1cncc(F)c1. The Labute approximate surface area is 112 Å². The average molecular weight is 313 g/mol. The van der Waals surface area contributed by atoms with Gasteiger partial charge in [-0.15, -0.1) is 0 Å². The van der Waals surface area contributed by atoms with Gasteiger partial charge < -0.3 is 5.73 Å². The van der Waals surface area contributed by atoms with E-state index in [1.807, 2.05) is 0 Å². The average Bonchev–Trinajstić information content (AvgIpc) is 2.35. The molecular weight excluding hydrogens is 302 g/mol. The largest absolute Gasteiger partial charge is 0.324 e. The molecule has 0 saturated carbocycles. The van der Waals surface area contributed by atoms with Crippen molar-refractivity contribution in [2.24, 2.45) is 5.73 Å². The van der Waals surface area contributed by atoms with Crippen LogP contribution in [-0.2, 0) is 6.42 Å². The molecule has 0 aliphatic carbocycles. The maximum absolute atomic E-state index is 13.3. The van der Waals surface area contributed by atoms with E-state index in [1.165, 1.54) is 18.3 Å². The predicted molar refractivity (Wildman–Crippen MR) is 68.9 cm³/mol. The van der Waals surface area contributed by atoms with Crippen molar-refractivity contribution in [3.8, 4) is 0 Å². The Kier molecular flexibility index (Phi) is 4.04. The molecule has 2 N–H and O–H groups in total. The Morgan fingerprint density at radius 3 is 2.78 bits per heavy atom. The number of hydrogen-bond acceptors (Lipinski definition) is 2. The number of rotatable bonds is 3. The van der Waals surface area contributed by atoms with Gasteiger partial charge in [0.2, 0.25) is 0 Å². The molecule has 1 unspecified atom stereocenters.